The van der Waals surface area contributed by atoms with Crippen molar-refractivity contribution in [2.45, 2.75) is 68.0 Å². The second-order valence-electron chi connectivity index (χ2n) is 12.1. The molecule has 7 rings (SSSR count). The SMILES string of the molecule is O=C(COC(=O)C1C2CC3C(OC(=O)C31)C2OC(=O)C(F)(F)SOO[O-])OCC12CC3CC(CC(O)(C3)C1)C2. The third-order valence-electron chi connectivity index (χ3n) is 9.49. The van der Waals surface area contributed by atoms with Gasteiger partial charge < -0.3 is 29.3 Å². The summed E-state index contributed by atoms with van der Waals surface area (Å²) in [4.78, 5) is 49.9. The van der Waals surface area contributed by atoms with Crippen LogP contribution in [0.15, 0.2) is 0 Å². The Balaban J connectivity index is 1.05. The summed E-state index contributed by atoms with van der Waals surface area (Å²) in [5, 5.41) is 19.2. The summed E-state index contributed by atoms with van der Waals surface area (Å²) in [6.07, 6.45) is 2.80. The molecule has 1 N–H and O–H groups in total. The fourth-order valence-electron chi connectivity index (χ4n) is 8.82. The lowest BCUT2D eigenvalue weighted by atomic mass is 9.48. The molecule has 6 bridgehead atoms. The maximum absolute atomic E-state index is 13.9. The lowest BCUT2D eigenvalue weighted by Gasteiger charge is -2.59. The van der Waals surface area contributed by atoms with Crippen LogP contribution in [0, 0.1) is 40.9 Å². The average molecular weight is 578 g/mol. The van der Waals surface area contributed by atoms with Gasteiger partial charge in [-0.25, -0.2) is 9.59 Å². The normalized spacial score (nSPS) is 42.9. The molecule has 0 amide bonds. The summed E-state index contributed by atoms with van der Waals surface area (Å²) < 4.78 is 52.1. The summed E-state index contributed by atoms with van der Waals surface area (Å²) >= 11 is -0.857. The Morgan fingerprint density at radius 1 is 1.10 bits per heavy atom. The van der Waals surface area contributed by atoms with E-state index >= 15 is 0 Å². The van der Waals surface area contributed by atoms with E-state index in [1.165, 1.54) is 0 Å². The molecule has 1 heterocycles. The van der Waals surface area contributed by atoms with E-state index in [0.717, 1.165) is 32.1 Å². The molecule has 1 aliphatic heterocycles. The van der Waals surface area contributed by atoms with Crippen molar-refractivity contribution >= 4 is 35.9 Å². The van der Waals surface area contributed by atoms with Crippen LogP contribution in [0.4, 0.5) is 8.78 Å². The zero-order chi connectivity index (χ0) is 27.7. The molecular formula is C24H27F2O12S-. The molecule has 15 heteroatoms. The van der Waals surface area contributed by atoms with Crippen molar-refractivity contribution in [3.63, 3.8) is 0 Å². The number of rotatable bonds is 10. The van der Waals surface area contributed by atoms with Gasteiger partial charge in [0, 0.05) is 17.3 Å². The molecule has 39 heavy (non-hydrogen) atoms. The first kappa shape index (κ1) is 27.1. The quantitative estimate of drug-likeness (QED) is 0.126. The smallest absolute Gasteiger partial charge is 0.415 e. The number of ether oxygens (including phenoxy) is 4. The maximum atomic E-state index is 13.9. The molecule has 0 spiro atoms. The molecule has 1 saturated heterocycles. The maximum Gasteiger partial charge on any atom is 0.415 e. The van der Waals surface area contributed by atoms with Gasteiger partial charge in [0.2, 0.25) is 0 Å². The van der Waals surface area contributed by atoms with Gasteiger partial charge in [-0.1, -0.05) is 0 Å². The van der Waals surface area contributed by atoms with Crippen molar-refractivity contribution in [1.82, 2.24) is 0 Å². The largest absolute Gasteiger partial charge is 0.691 e. The minimum absolute atomic E-state index is 0.120. The Morgan fingerprint density at radius 3 is 2.49 bits per heavy atom. The first-order valence-electron chi connectivity index (χ1n) is 12.9. The number of carbonyl (C=O) groups is 4. The van der Waals surface area contributed by atoms with Crippen molar-refractivity contribution < 1.29 is 66.6 Å². The first-order chi connectivity index (χ1) is 18.4. The second-order valence-corrected chi connectivity index (χ2v) is 12.9. The number of fused-ring (bicyclic) bond motifs is 1. The van der Waals surface area contributed by atoms with E-state index < -0.39 is 89.3 Å². The Labute approximate surface area is 225 Å². The van der Waals surface area contributed by atoms with E-state index in [9.17, 15) is 38.3 Å². The first-order valence-corrected chi connectivity index (χ1v) is 13.7. The van der Waals surface area contributed by atoms with E-state index in [4.69, 9.17) is 18.9 Å². The Morgan fingerprint density at radius 2 is 1.82 bits per heavy atom. The molecule has 12 nitrogen and oxygen atoms in total. The number of hydrogen-bond acceptors (Lipinski definition) is 13. The highest BCUT2D eigenvalue weighted by Crippen LogP contribution is 2.62. The monoisotopic (exact) mass is 577 g/mol. The predicted molar refractivity (Wildman–Crippen MR) is 117 cm³/mol. The third-order valence-corrected chi connectivity index (χ3v) is 9.99. The van der Waals surface area contributed by atoms with Crippen molar-refractivity contribution in [1.29, 1.82) is 0 Å². The van der Waals surface area contributed by atoms with Crippen LogP contribution in [0.2, 0.25) is 0 Å². The van der Waals surface area contributed by atoms with Gasteiger partial charge >= 0.3 is 29.1 Å². The molecule has 6 saturated carbocycles. The van der Waals surface area contributed by atoms with Gasteiger partial charge in [0.25, 0.3) is 0 Å². The summed E-state index contributed by atoms with van der Waals surface area (Å²) in [5.41, 5.74) is -0.994. The summed E-state index contributed by atoms with van der Waals surface area (Å²) in [7, 11) is 0. The Hall–Kier alpha value is -2.07. The summed E-state index contributed by atoms with van der Waals surface area (Å²) in [5.74, 6) is -7.14. The van der Waals surface area contributed by atoms with E-state index in [1.807, 2.05) is 0 Å². The predicted octanol–water partition coefficient (Wildman–Crippen LogP) is 0.588. The molecule has 8 atom stereocenters. The van der Waals surface area contributed by atoms with Gasteiger partial charge in [0.05, 0.1) is 24.0 Å². The third kappa shape index (κ3) is 4.69. The summed E-state index contributed by atoms with van der Waals surface area (Å²) in [6, 6.07) is 0. The molecular weight excluding hydrogens is 550 g/mol. The van der Waals surface area contributed by atoms with E-state index in [2.05, 4.69) is 9.37 Å². The number of halogens is 2. The van der Waals surface area contributed by atoms with Crippen LogP contribution in [0.1, 0.15) is 44.9 Å². The molecule has 6 aliphatic carbocycles. The second kappa shape index (κ2) is 9.50. The van der Waals surface area contributed by atoms with Crippen molar-refractivity contribution in [3.05, 3.63) is 0 Å². The molecule has 0 aromatic rings. The highest BCUT2D eigenvalue weighted by atomic mass is 32.2. The average Bonchev–Trinajstić information content (AvgIpc) is 3.47. The lowest BCUT2D eigenvalue weighted by Crippen LogP contribution is -2.57. The van der Waals surface area contributed by atoms with Gasteiger partial charge in [-0.2, -0.15) is 13.1 Å². The molecule has 7 fully saturated rings. The molecule has 0 aromatic carbocycles. The number of carbonyl (C=O) groups excluding carboxylic acids is 4. The van der Waals surface area contributed by atoms with Gasteiger partial charge in [-0.3, -0.25) is 14.6 Å². The van der Waals surface area contributed by atoms with Gasteiger partial charge in [0.15, 0.2) is 6.61 Å². The van der Waals surface area contributed by atoms with E-state index in [0.29, 0.717) is 18.3 Å². The van der Waals surface area contributed by atoms with Gasteiger partial charge in [-0.15, -0.1) is 0 Å². The number of alkyl halides is 2. The van der Waals surface area contributed by atoms with Crippen LogP contribution < -0.4 is 5.26 Å². The van der Waals surface area contributed by atoms with Crippen LogP contribution in [0.25, 0.3) is 0 Å². The lowest BCUT2D eigenvalue weighted by molar-refractivity contribution is -0.777. The fourth-order valence-corrected chi connectivity index (χ4v) is 9.05. The van der Waals surface area contributed by atoms with Gasteiger partial charge in [0.1, 0.15) is 24.3 Å². The number of aliphatic hydroxyl groups is 1. The zero-order valence-corrected chi connectivity index (χ0v) is 21.4. The summed E-state index contributed by atoms with van der Waals surface area (Å²) in [6.45, 7) is -0.592. The van der Waals surface area contributed by atoms with Crippen molar-refractivity contribution in [2.24, 2.45) is 40.9 Å². The number of esters is 4. The van der Waals surface area contributed by atoms with E-state index in [-0.39, 0.29) is 18.4 Å². The molecule has 0 aromatic heterocycles. The van der Waals surface area contributed by atoms with Crippen molar-refractivity contribution in [3.8, 4) is 0 Å². The van der Waals surface area contributed by atoms with Gasteiger partial charge in [-0.05, 0) is 56.8 Å². The number of hydrogen-bond donors (Lipinski definition) is 1. The van der Waals surface area contributed by atoms with Crippen LogP contribution in [-0.4, -0.2) is 65.3 Å². The Bertz CT molecular complexity index is 1060. The van der Waals surface area contributed by atoms with E-state index in [1.54, 1.807) is 0 Å². The highest BCUT2D eigenvalue weighted by molar-refractivity contribution is 7.96. The molecule has 0 radical (unpaired) electrons. The molecule has 7 aliphatic rings. The van der Waals surface area contributed by atoms with Crippen LogP contribution >= 0.6 is 12.0 Å². The fraction of sp³-hybridized carbons (Fsp3) is 0.833. The minimum Gasteiger partial charge on any atom is -0.691 e. The van der Waals surface area contributed by atoms with Crippen molar-refractivity contribution in [2.75, 3.05) is 13.2 Å². The topological polar surface area (TPSA) is 167 Å². The zero-order valence-electron chi connectivity index (χ0n) is 20.6. The van der Waals surface area contributed by atoms with Crippen LogP contribution in [-0.2, 0) is 47.5 Å². The molecule has 8 unspecified atom stereocenters. The minimum atomic E-state index is -4.31. The highest BCUT2D eigenvalue weighted by Gasteiger charge is 2.70. The van der Waals surface area contributed by atoms with Crippen LogP contribution in [0.5, 0.6) is 0 Å². The molecule has 216 valence electrons. The Kier molecular flexibility index (Phi) is 6.61. The standard InChI is InChI=1S/C24H28F2O12S/c25-24(26,39-38-37-32)21(30)36-18-12-2-13-16(20(29)35-17(13)18)15(12)19(28)33-7-14(27)34-9-22-3-10-1-11(4-22)6-23(31,5-10)8-22/h10-13,15-18,31-32H,1-9H2/p-1. The van der Waals surface area contributed by atoms with Crippen LogP contribution in [0.3, 0.4) is 0 Å².